The number of amides is 1. The Bertz CT molecular complexity index is 739. The highest BCUT2D eigenvalue weighted by atomic mass is 19.1. The molecule has 1 aromatic heterocycles. The largest absolute Gasteiger partial charge is 0.323 e. The molecule has 2 rings (SSSR count). The summed E-state index contributed by atoms with van der Waals surface area (Å²) in [6.45, 7) is 1.75. The monoisotopic (exact) mass is 285 g/mol. The van der Waals surface area contributed by atoms with Gasteiger partial charge in [0.15, 0.2) is 0 Å². The van der Waals surface area contributed by atoms with Crippen molar-refractivity contribution in [3.8, 4) is 6.07 Å². The Kier molecular flexibility index (Phi) is 4.11. The Balaban J connectivity index is 2.28. The van der Waals surface area contributed by atoms with Gasteiger partial charge >= 0.3 is 0 Å². The first kappa shape index (κ1) is 14.4. The van der Waals surface area contributed by atoms with Crippen LogP contribution in [0.25, 0.3) is 0 Å². The molecule has 4 N–H and O–H groups in total. The van der Waals surface area contributed by atoms with E-state index in [1.807, 2.05) is 6.07 Å². The number of rotatable bonds is 3. The van der Waals surface area contributed by atoms with Crippen molar-refractivity contribution in [3.63, 3.8) is 0 Å². The maximum atomic E-state index is 13.7. The number of aryl methyl sites for hydroxylation is 1. The fourth-order valence-corrected chi connectivity index (χ4v) is 1.74. The van der Waals surface area contributed by atoms with Crippen molar-refractivity contribution in [2.24, 2.45) is 5.84 Å². The topological polar surface area (TPSA) is 104 Å². The number of benzene rings is 1. The third-order valence-electron chi connectivity index (χ3n) is 2.79. The van der Waals surface area contributed by atoms with Crippen molar-refractivity contribution < 1.29 is 9.18 Å². The number of hydrogen-bond acceptors (Lipinski definition) is 5. The fourth-order valence-electron chi connectivity index (χ4n) is 1.74. The van der Waals surface area contributed by atoms with Gasteiger partial charge in [-0.25, -0.2) is 4.39 Å². The number of nitrogens with zero attached hydrogens (tertiary/aromatic N) is 2. The minimum Gasteiger partial charge on any atom is -0.323 e. The van der Waals surface area contributed by atoms with Crippen LogP contribution in [0.3, 0.4) is 0 Å². The number of carbonyl (C=O) groups is 1. The summed E-state index contributed by atoms with van der Waals surface area (Å²) in [5.41, 5.74) is 3.80. The number of nitrogen functional groups attached to an aromatic ring is 1. The van der Waals surface area contributed by atoms with Gasteiger partial charge in [0.25, 0.3) is 5.91 Å². The zero-order chi connectivity index (χ0) is 15.4. The Morgan fingerprint density at radius 3 is 2.76 bits per heavy atom. The first-order valence-corrected chi connectivity index (χ1v) is 5.99. The summed E-state index contributed by atoms with van der Waals surface area (Å²) in [4.78, 5) is 16.1. The molecule has 2 aromatic rings. The lowest BCUT2D eigenvalue weighted by molar-refractivity contribution is 0.102. The average Bonchev–Trinajstić information content (AvgIpc) is 2.48. The molecule has 0 radical (unpaired) electrons. The molecule has 21 heavy (non-hydrogen) atoms. The maximum absolute atomic E-state index is 13.7. The molecule has 1 heterocycles. The van der Waals surface area contributed by atoms with Crippen molar-refractivity contribution in [2.45, 2.75) is 6.92 Å². The predicted molar refractivity (Wildman–Crippen MR) is 75.9 cm³/mol. The molecule has 0 unspecified atom stereocenters. The molecule has 0 bridgehead atoms. The van der Waals surface area contributed by atoms with E-state index in [1.165, 1.54) is 18.3 Å². The number of pyridine rings is 1. The lowest BCUT2D eigenvalue weighted by Crippen LogP contribution is -2.18. The zero-order valence-electron chi connectivity index (χ0n) is 11.1. The second-order valence-electron chi connectivity index (χ2n) is 4.28. The number of aromatic nitrogens is 1. The predicted octanol–water partition coefficient (Wildman–Crippen LogP) is 1.94. The van der Waals surface area contributed by atoms with Gasteiger partial charge in [-0.1, -0.05) is 0 Å². The first-order valence-electron chi connectivity index (χ1n) is 5.99. The number of nitrogens with two attached hydrogens (primary N) is 1. The van der Waals surface area contributed by atoms with Crippen LogP contribution >= 0.6 is 0 Å². The summed E-state index contributed by atoms with van der Waals surface area (Å²) in [6.07, 6.45) is 1.35. The number of carbonyl (C=O) groups excluding carboxylic acids is 1. The van der Waals surface area contributed by atoms with Crippen LogP contribution in [0, 0.1) is 24.1 Å². The van der Waals surface area contributed by atoms with Crippen LogP contribution in [0.5, 0.6) is 0 Å². The molecular weight excluding hydrogens is 273 g/mol. The molecule has 0 atom stereocenters. The molecule has 0 spiro atoms. The Morgan fingerprint density at radius 1 is 1.38 bits per heavy atom. The van der Waals surface area contributed by atoms with E-state index in [0.29, 0.717) is 11.4 Å². The Hall–Kier alpha value is -2.98. The van der Waals surface area contributed by atoms with Crippen LogP contribution in [0.15, 0.2) is 30.5 Å². The Morgan fingerprint density at radius 2 is 2.14 bits per heavy atom. The molecule has 0 fully saturated rings. The van der Waals surface area contributed by atoms with Gasteiger partial charge in [0, 0.05) is 11.9 Å². The standard InChI is InChI=1S/C14H12FN5O/c1-8-4-13(20-17)10(7-18-8)14(21)19-12-3-2-9(6-16)5-11(12)15/h2-5,7H,17H2,1H3,(H,18,20)(H,19,21). The summed E-state index contributed by atoms with van der Waals surface area (Å²) in [5, 5.41) is 11.1. The lowest BCUT2D eigenvalue weighted by Gasteiger charge is -2.10. The molecule has 6 nitrogen and oxygen atoms in total. The number of nitrogens with one attached hydrogen (secondary N) is 2. The van der Waals surface area contributed by atoms with Crippen molar-refractivity contribution in [1.29, 1.82) is 5.26 Å². The minimum absolute atomic E-state index is 0.0254. The third-order valence-corrected chi connectivity index (χ3v) is 2.79. The number of nitriles is 1. The summed E-state index contributed by atoms with van der Waals surface area (Å²) < 4.78 is 13.7. The smallest absolute Gasteiger partial charge is 0.259 e. The van der Waals surface area contributed by atoms with Gasteiger partial charge in [0.05, 0.1) is 28.6 Å². The van der Waals surface area contributed by atoms with E-state index in [9.17, 15) is 9.18 Å². The molecular formula is C14H12FN5O. The minimum atomic E-state index is -0.690. The van der Waals surface area contributed by atoms with Crippen molar-refractivity contribution in [2.75, 3.05) is 10.7 Å². The number of anilines is 2. The van der Waals surface area contributed by atoms with E-state index in [4.69, 9.17) is 11.1 Å². The highest BCUT2D eigenvalue weighted by Crippen LogP contribution is 2.19. The second kappa shape index (κ2) is 5.98. The zero-order valence-corrected chi connectivity index (χ0v) is 11.1. The SMILES string of the molecule is Cc1cc(NN)c(C(=O)Nc2ccc(C#N)cc2F)cn1. The van der Waals surface area contributed by atoms with Gasteiger partial charge in [0.1, 0.15) is 5.82 Å². The van der Waals surface area contributed by atoms with Gasteiger partial charge in [-0.05, 0) is 31.2 Å². The van der Waals surface area contributed by atoms with Crippen molar-refractivity contribution in [3.05, 3.63) is 53.1 Å². The third kappa shape index (κ3) is 3.13. The van der Waals surface area contributed by atoms with Gasteiger partial charge in [-0.3, -0.25) is 15.6 Å². The van der Waals surface area contributed by atoms with Gasteiger partial charge in [-0.15, -0.1) is 0 Å². The molecule has 0 saturated heterocycles. The fraction of sp³-hybridized carbons (Fsp3) is 0.0714. The molecule has 0 aliphatic rings. The molecule has 1 amide bonds. The van der Waals surface area contributed by atoms with Crippen LogP contribution in [-0.2, 0) is 0 Å². The molecule has 1 aromatic carbocycles. The molecule has 0 saturated carbocycles. The van der Waals surface area contributed by atoms with E-state index in [2.05, 4.69) is 15.7 Å². The van der Waals surface area contributed by atoms with E-state index >= 15 is 0 Å². The quantitative estimate of drug-likeness (QED) is 0.590. The van der Waals surface area contributed by atoms with Crippen molar-refractivity contribution >= 4 is 17.3 Å². The van der Waals surface area contributed by atoms with Gasteiger partial charge < -0.3 is 10.7 Å². The average molecular weight is 285 g/mol. The van der Waals surface area contributed by atoms with Crippen LogP contribution in [0.2, 0.25) is 0 Å². The summed E-state index contributed by atoms with van der Waals surface area (Å²) in [5.74, 6) is 4.10. The first-order chi connectivity index (χ1) is 10.0. The van der Waals surface area contributed by atoms with Gasteiger partial charge in [0.2, 0.25) is 0 Å². The molecule has 0 aliphatic heterocycles. The van der Waals surface area contributed by atoms with Crippen molar-refractivity contribution in [1.82, 2.24) is 4.98 Å². The van der Waals surface area contributed by atoms with E-state index in [1.54, 1.807) is 13.0 Å². The van der Waals surface area contributed by atoms with Gasteiger partial charge in [-0.2, -0.15) is 5.26 Å². The van der Waals surface area contributed by atoms with E-state index < -0.39 is 11.7 Å². The van der Waals surface area contributed by atoms with Crippen LogP contribution in [0.1, 0.15) is 21.6 Å². The lowest BCUT2D eigenvalue weighted by atomic mass is 10.1. The number of halogens is 1. The summed E-state index contributed by atoms with van der Waals surface area (Å²) in [7, 11) is 0. The molecule has 0 aliphatic carbocycles. The van der Waals surface area contributed by atoms with E-state index in [-0.39, 0.29) is 16.8 Å². The van der Waals surface area contributed by atoms with E-state index in [0.717, 1.165) is 6.07 Å². The maximum Gasteiger partial charge on any atom is 0.259 e. The van der Waals surface area contributed by atoms with Crippen LogP contribution < -0.4 is 16.6 Å². The summed E-state index contributed by atoms with van der Waals surface area (Å²) >= 11 is 0. The number of hydrogen-bond donors (Lipinski definition) is 3. The Labute approximate surface area is 120 Å². The molecule has 106 valence electrons. The summed E-state index contributed by atoms with van der Waals surface area (Å²) in [6, 6.07) is 7.20. The van der Waals surface area contributed by atoms with Crippen LogP contribution in [-0.4, -0.2) is 10.9 Å². The van der Waals surface area contributed by atoms with Crippen LogP contribution in [0.4, 0.5) is 15.8 Å². The highest BCUT2D eigenvalue weighted by molar-refractivity contribution is 6.07. The molecule has 7 heteroatoms. The normalized spacial score (nSPS) is 9.81. The second-order valence-corrected chi connectivity index (χ2v) is 4.28. The number of hydrazine groups is 1. The highest BCUT2D eigenvalue weighted by Gasteiger charge is 2.14.